The molecule has 6 heteroatoms. The Bertz CT molecular complexity index is 692. The Labute approximate surface area is 113 Å². The van der Waals surface area contributed by atoms with Crippen LogP contribution in [0.1, 0.15) is 25.3 Å². The van der Waals surface area contributed by atoms with Crippen molar-refractivity contribution in [2.24, 2.45) is 5.41 Å². The zero-order valence-corrected chi connectivity index (χ0v) is 11.2. The van der Waals surface area contributed by atoms with Gasteiger partial charge in [-0.2, -0.15) is 13.2 Å². The summed E-state index contributed by atoms with van der Waals surface area (Å²) in [6.07, 6.45) is -2.04. The number of nitrogens with one attached hydrogen (secondary N) is 1. The molecular formula is C13H13F3N2S. The fourth-order valence-electron chi connectivity index (χ4n) is 2.25. The quantitative estimate of drug-likeness (QED) is 0.805. The topological polar surface area (TPSA) is 20.7 Å². The zero-order valence-electron chi connectivity index (χ0n) is 10.3. The third kappa shape index (κ3) is 2.29. The highest BCUT2D eigenvalue weighted by Gasteiger charge is 2.38. The van der Waals surface area contributed by atoms with Gasteiger partial charge in [-0.05, 0) is 48.7 Å². The van der Waals surface area contributed by atoms with Crippen molar-refractivity contribution in [1.82, 2.24) is 9.55 Å². The summed E-state index contributed by atoms with van der Waals surface area (Å²) in [5, 5.41) is 0. The second kappa shape index (κ2) is 3.85. The van der Waals surface area contributed by atoms with Gasteiger partial charge in [0.25, 0.3) is 0 Å². The fourth-order valence-corrected chi connectivity index (χ4v) is 2.52. The normalized spacial score (nSPS) is 17.9. The number of hydrogen-bond acceptors (Lipinski definition) is 1. The zero-order chi connectivity index (χ0) is 13.8. The molecule has 1 aliphatic carbocycles. The van der Waals surface area contributed by atoms with E-state index in [0.717, 1.165) is 37.0 Å². The van der Waals surface area contributed by atoms with Crippen LogP contribution >= 0.6 is 12.2 Å². The van der Waals surface area contributed by atoms with E-state index in [1.165, 1.54) is 6.07 Å². The van der Waals surface area contributed by atoms with Crippen LogP contribution in [0.5, 0.6) is 0 Å². The molecule has 0 radical (unpaired) electrons. The standard InChI is InChI=1S/C13H13F3N2S/c1-12(4-5-12)7-18-10-3-2-8(13(14,15)16)6-9(10)17-11(18)19/h2-3,6H,4-5,7H2,1H3,(H,17,19). The van der Waals surface area contributed by atoms with Crippen molar-refractivity contribution in [3.8, 4) is 0 Å². The van der Waals surface area contributed by atoms with Crippen molar-refractivity contribution in [3.05, 3.63) is 28.5 Å². The lowest BCUT2D eigenvalue weighted by molar-refractivity contribution is -0.137. The number of benzene rings is 1. The molecule has 1 N–H and O–H groups in total. The molecule has 0 bridgehead atoms. The lowest BCUT2D eigenvalue weighted by atomic mass is 10.1. The number of H-pyrrole nitrogens is 1. The van der Waals surface area contributed by atoms with Crippen molar-refractivity contribution < 1.29 is 13.2 Å². The molecule has 0 amide bonds. The van der Waals surface area contributed by atoms with Gasteiger partial charge in [0.1, 0.15) is 0 Å². The molecule has 3 rings (SSSR count). The van der Waals surface area contributed by atoms with Gasteiger partial charge in [-0.25, -0.2) is 0 Å². The minimum Gasteiger partial charge on any atom is -0.331 e. The van der Waals surface area contributed by atoms with E-state index in [-0.39, 0.29) is 5.41 Å². The molecule has 19 heavy (non-hydrogen) atoms. The van der Waals surface area contributed by atoms with Gasteiger partial charge in [0.15, 0.2) is 4.77 Å². The summed E-state index contributed by atoms with van der Waals surface area (Å²) < 4.78 is 40.4. The second-order valence-corrected chi connectivity index (χ2v) is 5.94. The highest BCUT2D eigenvalue weighted by Crippen LogP contribution is 2.47. The highest BCUT2D eigenvalue weighted by atomic mass is 32.1. The van der Waals surface area contributed by atoms with E-state index >= 15 is 0 Å². The Balaban J connectivity index is 2.10. The molecule has 102 valence electrons. The van der Waals surface area contributed by atoms with Crippen LogP contribution in [0.15, 0.2) is 18.2 Å². The molecule has 2 nitrogen and oxygen atoms in total. The lowest BCUT2D eigenvalue weighted by Crippen LogP contribution is -2.08. The summed E-state index contributed by atoms with van der Waals surface area (Å²) in [5.74, 6) is 0. The van der Waals surface area contributed by atoms with Gasteiger partial charge < -0.3 is 9.55 Å². The van der Waals surface area contributed by atoms with Crippen LogP contribution in [0.4, 0.5) is 13.2 Å². The molecule has 0 spiro atoms. The third-order valence-electron chi connectivity index (χ3n) is 3.74. The minimum absolute atomic E-state index is 0.246. The molecule has 1 aliphatic rings. The van der Waals surface area contributed by atoms with Crippen LogP contribution in [0.25, 0.3) is 11.0 Å². The lowest BCUT2D eigenvalue weighted by Gasteiger charge is -2.11. The molecule has 1 aromatic heterocycles. The first-order valence-electron chi connectivity index (χ1n) is 6.08. The predicted molar refractivity (Wildman–Crippen MR) is 69.5 cm³/mol. The van der Waals surface area contributed by atoms with Gasteiger partial charge in [0, 0.05) is 6.54 Å². The van der Waals surface area contributed by atoms with E-state index in [4.69, 9.17) is 12.2 Å². The van der Waals surface area contributed by atoms with Crippen LogP contribution in [0, 0.1) is 10.2 Å². The van der Waals surface area contributed by atoms with Gasteiger partial charge in [0.2, 0.25) is 0 Å². The first-order chi connectivity index (χ1) is 8.78. The molecule has 0 aliphatic heterocycles. The number of aromatic amines is 1. The highest BCUT2D eigenvalue weighted by molar-refractivity contribution is 7.71. The maximum Gasteiger partial charge on any atom is 0.416 e. The van der Waals surface area contributed by atoms with E-state index in [9.17, 15) is 13.2 Å². The molecule has 0 saturated heterocycles. The van der Waals surface area contributed by atoms with Crippen LogP contribution in [0.2, 0.25) is 0 Å². The SMILES string of the molecule is CC1(Cn2c(=S)[nH]c3cc(C(F)(F)F)ccc32)CC1. The first-order valence-corrected chi connectivity index (χ1v) is 6.49. The summed E-state index contributed by atoms with van der Waals surface area (Å²) in [4.78, 5) is 2.87. The fraction of sp³-hybridized carbons (Fsp3) is 0.462. The molecule has 0 unspecified atom stereocenters. The Morgan fingerprint density at radius 2 is 2.05 bits per heavy atom. The molecule has 0 atom stereocenters. The largest absolute Gasteiger partial charge is 0.416 e. The van der Waals surface area contributed by atoms with Gasteiger partial charge in [-0.3, -0.25) is 0 Å². The summed E-state index contributed by atoms with van der Waals surface area (Å²) in [7, 11) is 0. The number of nitrogens with zero attached hydrogens (tertiary/aromatic N) is 1. The van der Waals surface area contributed by atoms with Crippen molar-refractivity contribution >= 4 is 23.3 Å². The maximum absolute atomic E-state index is 12.7. The van der Waals surface area contributed by atoms with Gasteiger partial charge in [-0.1, -0.05) is 6.92 Å². The van der Waals surface area contributed by atoms with Gasteiger partial charge in [-0.15, -0.1) is 0 Å². The predicted octanol–water partition coefficient (Wildman–Crippen LogP) is 4.52. The summed E-state index contributed by atoms with van der Waals surface area (Å²) in [5.41, 5.74) is 0.784. The number of imidazole rings is 1. The summed E-state index contributed by atoms with van der Waals surface area (Å²) in [6, 6.07) is 3.73. The van der Waals surface area contributed by atoms with Gasteiger partial charge >= 0.3 is 6.18 Å². The van der Waals surface area contributed by atoms with Crippen molar-refractivity contribution in [2.75, 3.05) is 0 Å². The monoisotopic (exact) mass is 286 g/mol. The minimum atomic E-state index is -4.33. The van der Waals surface area contributed by atoms with Crippen molar-refractivity contribution in [3.63, 3.8) is 0 Å². The Morgan fingerprint density at radius 1 is 1.37 bits per heavy atom. The van der Waals surface area contributed by atoms with Gasteiger partial charge in [0.05, 0.1) is 16.6 Å². The maximum atomic E-state index is 12.7. The average Bonchev–Trinajstić information content (AvgIpc) is 2.95. The number of alkyl halides is 3. The summed E-state index contributed by atoms with van der Waals surface area (Å²) in [6.45, 7) is 2.93. The molecular weight excluding hydrogens is 273 g/mol. The molecule has 1 heterocycles. The Morgan fingerprint density at radius 3 is 2.63 bits per heavy atom. The smallest absolute Gasteiger partial charge is 0.331 e. The molecule has 1 fully saturated rings. The van der Waals surface area contributed by atoms with E-state index in [0.29, 0.717) is 10.3 Å². The molecule has 1 saturated carbocycles. The molecule has 2 aromatic rings. The molecule has 1 aromatic carbocycles. The Hall–Kier alpha value is -1.30. The van der Waals surface area contributed by atoms with Crippen molar-refractivity contribution in [2.45, 2.75) is 32.5 Å². The van der Waals surface area contributed by atoms with E-state index in [2.05, 4.69) is 11.9 Å². The summed E-state index contributed by atoms with van der Waals surface area (Å²) >= 11 is 5.21. The number of rotatable bonds is 2. The second-order valence-electron chi connectivity index (χ2n) is 5.56. The van der Waals surface area contributed by atoms with E-state index < -0.39 is 11.7 Å². The number of hydrogen-bond donors (Lipinski definition) is 1. The average molecular weight is 286 g/mol. The van der Waals surface area contributed by atoms with Crippen LogP contribution in [0.3, 0.4) is 0 Å². The van der Waals surface area contributed by atoms with Crippen LogP contribution in [-0.4, -0.2) is 9.55 Å². The number of aromatic nitrogens is 2. The van der Waals surface area contributed by atoms with Crippen molar-refractivity contribution in [1.29, 1.82) is 0 Å². The Kier molecular flexibility index (Phi) is 2.58. The number of fused-ring (bicyclic) bond motifs is 1. The van der Waals surface area contributed by atoms with Crippen LogP contribution < -0.4 is 0 Å². The van der Waals surface area contributed by atoms with E-state index in [1.807, 2.05) is 4.57 Å². The van der Waals surface area contributed by atoms with E-state index in [1.54, 1.807) is 0 Å². The number of halogens is 3. The third-order valence-corrected chi connectivity index (χ3v) is 4.07. The van der Waals surface area contributed by atoms with Crippen LogP contribution in [-0.2, 0) is 12.7 Å². The first kappa shape index (κ1) is 12.7.